The van der Waals surface area contributed by atoms with Crippen LogP contribution >= 0.6 is 0 Å². The lowest BCUT2D eigenvalue weighted by Gasteiger charge is -2.55. The number of amides is 2. The first-order valence-corrected chi connectivity index (χ1v) is 9.18. The van der Waals surface area contributed by atoms with Gasteiger partial charge in [0.25, 0.3) is 0 Å². The van der Waals surface area contributed by atoms with Gasteiger partial charge in [-0.15, -0.1) is 0 Å². The fraction of sp³-hybridized carbons (Fsp3) is 0.778. The molecule has 2 saturated heterocycles. The summed E-state index contributed by atoms with van der Waals surface area (Å²) in [5, 5.41) is 2.75. The summed E-state index contributed by atoms with van der Waals surface area (Å²) in [6.45, 7) is 3.47. The zero-order chi connectivity index (χ0) is 16.7. The maximum atomic E-state index is 12.5. The van der Waals surface area contributed by atoms with Crippen LogP contribution in [-0.4, -0.2) is 73.1 Å². The predicted molar refractivity (Wildman–Crippen MR) is 89.3 cm³/mol. The van der Waals surface area contributed by atoms with Crippen molar-refractivity contribution in [2.24, 2.45) is 5.92 Å². The molecular formula is C18H27N3O3. The van der Waals surface area contributed by atoms with Crippen molar-refractivity contribution in [3.8, 4) is 0 Å². The molecule has 1 atom stereocenters. The Bertz CT molecular complexity index is 564. The van der Waals surface area contributed by atoms with Crippen LogP contribution in [0, 0.1) is 5.92 Å². The molecule has 6 heteroatoms. The maximum absolute atomic E-state index is 12.5. The summed E-state index contributed by atoms with van der Waals surface area (Å²) in [5.74, 6) is 0.950. The number of hydrogen-bond acceptors (Lipinski definition) is 4. The van der Waals surface area contributed by atoms with Gasteiger partial charge in [-0.25, -0.2) is 0 Å². The highest BCUT2D eigenvalue weighted by Gasteiger charge is 2.52. The number of carbonyl (C=O) groups excluding carboxylic acids is 2. The van der Waals surface area contributed by atoms with Gasteiger partial charge in [0.15, 0.2) is 0 Å². The first-order valence-electron chi connectivity index (χ1n) is 9.18. The molecule has 4 aliphatic rings. The highest BCUT2D eigenvalue weighted by molar-refractivity contribution is 5.94. The van der Waals surface area contributed by atoms with Crippen molar-refractivity contribution in [2.45, 2.75) is 43.7 Å². The van der Waals surface area contributed by atoms with Gasteiger partial charge < -0.3 is 15.0 Å². The highest BCUT2D eigenvalue weighted by atomic mass is 16.5. The first-order chi connectivity index (χ1) is 11.6. The lowest BCUT2D eigenvalue weighted by molar-refractivity contribution is -0.202. The van der Waals surface area contributed by atoms with Crippen molar-refractivity contribution in [3.63, 3.8) is 0 Å². The van der Waals surface area contributed by atoms with Gasteiger partial charge in [0, 0.05) is 25.7 Å². The summed E-state index contributed by atoms with van der Waals surface area (Å²) in [5.41, 5.74) is 0.701. The molecule has 1 spiro atoms. The van der Waals surface area contributed by atoms with Gasteiger partial charge in [-0.05, 0) is 38.0 Å². The Morgan fingerprint density at radius 2 is 2.12 bits per heavy atom. The second-order valence-electron chi connectivity index (χ2n) is 7.78. The van der Waals surface area contributed by atoms with Gasteiger partial charge >= 0.3 is 0 Å². The minimum atomic E-state index is -0.270. The topological polar surface area (TPSA) is 61.9 Å². The molecule has 2 amide bonds. The second-order valence-corrected chi connectivity index (χ2v) is 7.78. The van der Waals surface area contributed by atoms with Gasteiger partial charge in [-0.1, -0.05) is 6.08 Å². The Hall–Kier alpha value is -1.40. The zero-order valence-corrected chi connectivity index (χ0v) is 14.4. The minimum Gasteiger partial charge on any atom is -0.368 e. The molecule has 0 radical (unpaired) electrons. The number of morpholine rings is 1. The third-order valence-corrected chi connectivity index (χ3v) is 5.78. The van der Waals surface area contributed by atoms with Crippen LogP contribution in [0.25, 0.3) is 0 Å². The van der Waals surface area contributed by atoms with E-state index in [9.17, 15) is 9.59 Å². The third-order valence-electron chi connectivity index (χ3n) is 5.78. The molecule has 0 aromatic rings. The lowest BCUT2D eigenvalue weighted by atomic mass is 9.89. The van der Waals surface area contributed by atoms with E-state index in [1.807, 2.05) is 4.90 Å². The Morgan fingerprint density at radius 3 is 2.75 bits per heavy atom. The maximum Gasteiger partial charge on any atom is 0.249 e. The molecule has 0 aromatic heterocycles. The van der Waals surface area contributed by atoms with Crippen molar-refractivity contribution >= 4 is 11.8 Å². The molecule has 0 bridgehead atoms. The monoisotopic (exact) mass is 333 g/mol. The molecule has 2 heterocycles. The van der Waals surface area contributed by atoms with Crippen LogP contribution in [0.15, 0.2) is 11.6 Å². The Balaban J connectivity index is 1.38. The molecular weight excluding hydrogens is 306 g/mol. The number of carbonyl (C=O) groups is 2. The summed E-state index contributed by atoms with van der Waals surface area (Å²) < 4.78 is 6.10. The zero-order valence-electron chi connectivity index (χ0n) is 14.4. The van der Waals surface area contributed by atoms with Crippen molar-refractivity contribution in [3.05, 3.63) is 11.6 Å². The van der Waals surface area contributed by atoms with Crippen molar-refractivity contribution in [1.82, 2.24) is 15.1 Å². The average molecular weight is 333 g/mol. The van der Waals surface area contributed by atoms with Crippen molar-refractivity contribution < 1.29 is 14.3 Å². The number of hydrogen-bond donors (Lipinski definition) is 1. The van der Waals surface area contributed by atoms with Crippen molar-refractivity contribution in [2.75, 3.05) is 39.8 Å². The normalized spacial score (nSPS) is 29.3. The average Bonchev–Trinajstić information content (AvgIpc) is 3.20. The number of likely N-dealkylation sites (N-methyl/N-ethyl adjacent to an activating group) is 1. The summed E-state index contributed by atoms with van der Waals surface area (Å²) in [4.78, 5) is 28.8. The molecule has 2 aliphatic heterocycles. The molecule has 0 unspecified atom stereocenters. The lowest BCUT2D eigenvalue weighted by Crippen LogP contribution is -2.73. The largest absolute Gasteiger partial charge is 0.368 e. The molecule has 0 aromatic carbocycles. The predicted octanol–water partition coefficient (Wildman–Crippen LogP) is 0.535. The van der Waals surface area contributed by atoms with Crippen LogP contribution in [0.5, 0.6) is 0 Å². The molecule has 1 saturated carbocycles. The first kappa shape index (κ1) is 16.1. The molecule has 24 heavy (non-hydrogen) atoms. The van der Waals surface area contributed by atoms with Crippen LogP contribution in [0.3, 0.4) is 0 Å². The fourth-order valence-corrected chi connectivity index (χ4v) is 4.17. The number of nitrogens with zero attached hydrogens (tertiary/aromatic N) is 2. The second kappa shape index (κ2) is 6.15. The Kier molecular flexibility index (Phi) is 4.12. The number of rotatable bonds is 4. The van der Waals surface area contributed by atoms with Gasteiger partial charge in [-0.2, -0.15) is 0 Å². The van der Waals surface area contributed by atoms with Gasteiger partial charge in [0.1, 0.15) is 11.6 Å². The molecule has 3 fully saturated rings. The van der Waals surface area contributed by atoms with Gasteiger partial charge in [0.05, 0.1) is 19.7 Å². The molecule has 1 N–H and O–H groups in total. The highest BCUT2D eigenvalue weighted by Crippen LogP contribution is 2.36. The third kappa shape index (κ3) is 2.97. The molecule has 2 aliphatic carbocycles. The van der Waals surface area contributed by atoms with E-state index < -0.39 is 0 Å². The van der Waals surface area contributed by atoms with E-state index in [4.69, 9.17) is 4.74 Å². The standard InChI is InChI=1S/C18H27N3O3/c1-19-16(22)15-9-24-18(10-20(15)8-13-6-7-13)11-21(12-18)17(23)14-4-2-3-5-14/h4,13,15H,2-3,5-12H2,1H3,(H,19,22)/t15-/m1/s1. The van der Waals surface area contributed by atoms with E-state index in [2.05, 4.69) is 16.3 Å². The smallest absolute Gasteiger partial charge is 0.249 e. The minimum absolute atomic E-state index is 0.0360. The SMILES string of the molecule is CNC(=O)[C@H]1COC2(CN(C(=O)C3=CCCC3)C2)CN1CC1CC1. The molecule has 132 valence electrons. The Labute approximate surface area is 143 Å². The van der Waals surface area contributed by atoms with Crippen LogP contribution in [-0.2, 0) is 14.3 Å². The number of nitrogens with one attached hydrogen (secondary N) is 1. The molecule has 4 rings (SSSR count). The van der Waals surface area contributed by atoms with Crippen LogP contribution < -0.4 is 5.32 Å². The van der Waals surface area contributed by atoms with Crippen LogP contribution in [0.2, 0.25) is 0 Å². The summed E-state index contributed by atoms with van der Waals surface area (Å²) in [6.07, 6.45) is 7.65. The van der Waals surface area contributed by atoms with E-state index in [0.717, 1.165) is 43.8 Å². The van der Waals surface area contributed by atoms with Gasteiger partial charge in [0.2, 0.25) is 11.8 Å². The van der Waals surface area contributed by atoms with E-state index in [-0.39, 0.29) is 23.5 Å². The van der Waals surface area contributed by atoms with E-state index in [1.165, 1.54) is 12.8 Å². The van der Waals surface area contributed by atoms with Gasteiger partial charge in [-0.3, -0.25) is 14.5 Å². The number of allylic oxidation sites excluding steroid dienone is 1. The molecule has 6 nitrogen and oxygen atoms in total. The number of likely N-dealkylation sites (tertiary alicyclic amines) is 1. The van der Waals surface area contributed by atoms with Crippen LogP contribution in [0.1, 0.15) is 32.1 Å². The quantitative estimate of drug-likeness (QED) is 0.815. The summed E-state index contributed by atoms with van der Waals surface area (Å²) >= 11 is 0. The summed E-state index contributed by atoms with van der Waals surface area (Å²) in [6, 6.07) is -0.191. The number of ether oxygens (including phenoxy) is 1. The van der Waals surface area contributed by atoms with E-state index in [1.54, 1.807) is 7.05 Å². The Morgan fingerprint density at radius 1 is 1.33 bits per heavy atom. The fourth-order valence-electron chi connectivity index (χ4n) is 4.17. The van der Waals surface area contributed by atoms with E-state index >= 15 is 0 Å². The van der Waals surface area contributed by atoms with Crippen LogP contribution in [0.4, 0.5) is 0 Å². The summed E-state index contributed by atoms with van der Waals surface area (Å²) in [7, 11) is 1.68. The van der Waals surface area contributed by atoms with E-state index in [0.29, 0.717) is 19.7 Å². The van der Waals surface area contributed by atoms with Crippen molar-refractivity contribution in [1.29, 1.82) is 0 Å².